The van der Waals surface area contributed by atoms with Crippen molar-refractivity contribution in [1.82, 2.24) is 5.32 Å². The predicted molar refractivity (Wildman–Crippen MR) is 182 cm³/mol. The number of sulfonamides is 1. The number of benzene rings is 4. The Hall–Kier alpha value is -3.80. The van der Waals surface area contributed by atoms with E-state index in [0.29, 0.717) is 27.2 Å². The summed E-state index contributed by atoms with van der Waals surface area (Å²) in [5, 5.41) is 2.94. The zero-order valence-corrected chi connectivity index (χ0v) is 28.7. The van der Waals surface area contributed by atoms with Gasteiger partial charge in [-0.25, -0.2) is 8.42 Å². The Morgan fingerprint density at radius 2 is 1.64 bits per heavy atom. The van der Waals surface area contributed by atoms with Gasteiger partial charge in [-0.1, -0.05) is 78.8 Å². The zero-order valence-electron chi connectivity index (χ0n) is 25.5. The Morgan fingerprint density at radius 1 is 0.956 bits per heavy atom. The van der Waals surface area contributed by atoms with Crippen molar-refractivity contribution in [2.45, 2.75) is 59.8 Å². The van der Waals surface area contributed by atoms with E-state index < -0.39 is 27.9 Å². The number of halogens is 1. The summed E-state index contributed by atoms with van der Waals surface area (Å²) in [5.74, 6) is -0.403. The maximum atomic E-state index is 13.9. The highest BCUT2D eigenvalue weighted by molar-refractivity contribution is 9.10. The number of primary amides is 1. The van der Waals surface area contributed by atoms with E-state index in [9.17, 15) is 18.0 Å². The standard InChI is InChI=1S/C34H36BrN3O5S2/c1-34(2,3)23-10-8-22(9-11-23)18-26(20-32(36)39)37-33(40)30-21-29(45(41,42)38-25-7-5-6-24(35)19-25)16-17-31(30)44-28-14-12-27(43-4)13-15-28/h5-17,19,21,26,38H,18,20H2,1-4H3,(H2,36,39)(H,37,40). The average molecular weight is 711 g/mol. The SMILES string of the molecule is COc1ccc(Sc2ccc(S(=O)(=O)Nc3cccc(Br)c3)cc2C(=O)NC(CC(N)=O)Cc2ccc(C(C)(C)C)cc2)cc1. The molecule has 0 radical (unpaired) electrons. The highest BCUT2D eigenvalue weighted by Gasteiger charge is 2.23. The molecule has 0 aromatic heterocycles. The Kier molecular flexibility index (Phi) is 11.0. The highest BCUT2D eigenvalue weighted by atomic mass is 79.9. The molecule has 45 heavy (non-hydrogen) atoms. The van der Waals surface area contributed by atoms with Gasteiger partial charge in [-0.2, -0.15) is 0 Å². The summed E-state index contributed by atoms with van der Waals surface area (Å²) in [4.78, 5) is 27.2. The third-order valence-corrected chi connectivity index (χ3v) is 9.91. The molecule has 1 atom stereocenters. The second kappa shape index (κ2) is 14.5. The molecule has 0 aliphatic carbocycles. The molecule has 11 heteroatoms. The molecule has 0 saturated heterocycles. The summed E-state index contributed by atoms with van der Waals surface area (Å²) >= 11 is 4.66. The van der Waals surface area contributed by atoms with E-state index in [1.54, 1.807) is 49.6 Å². The Balaban J connectivity index is 1.67. The first-order chi connectivity index (χ1) is 21.2. The molecule has 0 heterocycles. The van der Waals surface area contributed by atoms with E-state index in [-0.39, 0.29) is 22.3 Å². The minimum atomic E-state index is -4.05. The molecule has 0 bridgehead atoms. The topological polar surface area (TPSA) is 128 Å². The predicted octanol–water partition coefficient (Wildman–Crippen LogP) is 6.92. The molecule has 4 aromatic carbocycles. The van der Waals surface area contributed by atoms with Crippen molar-refractivity contribution in [3.8, 4) is 5.75 Å². The van der Waals surface area contributed by atoms with Crippen LogP contribution < -0.4 is 20.5 Å². The number of hydrogen-bond donors (Lipinski definition) is 3. The van der Waals surface area contributed by atoms with Crippen molar-refractivity contribution >= 4 is 55.2 Å². The monoisotopic (exact) mass is 709 g/mol. The first kappa shape index (κ1) is 34.1. The van der Waals surface area contributed by atoms with Crippen molar-refractivity contribution in [2.75, 3.05) is 11.8 Å². The number of methoxy groups -OCH3 is 1. The van der Waals surface area contributed by atoms with Crippen molar-refractivity contribution < 1.29 is 22.7 Å². The van der Waals surface area contributed by atoms with Crippen LogP contribution in [0.4, 0.5) is 5.69 Å². The molecule has 0 aliphatic heterocycles. The Labute approximate surface area is 277 Å². The van der Waals surface area contributed by atoms with Crippen LogP contribution in [0.3, 0.4) is 0 Å². The molecule has 4 aromatic rings. The third-order valence-electron chi connectivity index (χ3n) is 6.95. The highest BCUT2D eigenvalue weighted by Crippen LogP contribution is 2.34. The number of anilines is 1. The minimum Gasteiger partial charge on any atom is -0.497 e. The molecule has 0 fully saturated rings. The van der Waals surface area contributed by atoms with Crippen LogP contribution in [0.25, 0.3) is 0 Å². The lowest BCUT2D eigenvalue weighted by Gasteiger charge is -2.21. The summed E-state index contributed by atoms with van der Waals surface area (Å²) < 4.78 is 35.3. The molecule has 2 amide bonds. The van der Waals surface area contributed by atoms with Crippen LogP contribution in [0.15, 0.2) is 110 Å². The smallest absolute Gasteiger partial charge is 0.261 e. The molecular formula is C34H36BrN3O5S2. The Morgan fingerprint density at radius 3 is 2.24 bits per heavy atom. The van der Waals surface area contributed by atoms with Crippen LogP contribution in [-0.4, -0.2) is 33.4 Å². The van der Waals surface area contributed by atoms with Gasteiger partial charge in [-0.3, -0.25) is 14.3 Å². The van der Waals surface area contributed by atoms with E-state index in [4.69, 9.17) is 10.5 Å². The van der Waals surface area contributed by atoms with Crippen molar-refractivity contribution in [3.63, 3.8) is 0 Å². The number of hydrogen-bond acceptors (Lipinski definition) is 6. The number of carbonyl (C=O) groups excluding carboxylic acids is 2. The lowest BCUT2D eigenvalue weighted by atomic mass is 9.86. The van der Waals surface area contributed by atoms with Crippen molar-refractivity contribution in [3.05, 3.63) is 112 Å². The summed E-state index contributed by atoms with van der Waals surface area (Å²) in [7, 11) is -2.47. The van der Waals surface area contributed by atoms with Gasteiger partial charge in [0, 0.05) is 32.4 Å². The van der Waals surface area contributed by atoms with Crippen molar-refractivity contribution in [2.24, 2.45) is 5.73 Å². The van der Waals surface area contributed by atoms with E-state index >= 15 is 0 Å². The van der Waals surface area contributed by atoms with E-state index in [1.165, 1.54) is 23.9 Å². The van der Waals surface area contributed by atoms with Gasteiger partial charge in [0.25, 0.3) is 15.9 Å². The van der Waals surface area contributed by atoms with Crippen LogP contribution in [0, 0.1) is 0 Å². The maximum absolute atomic E-state index is 13.9. The van der Waals surface area contributed by atoms with E-state index in [0.717, 1.165) is 16.0 Å². The number of rotatable bonds is 12. The minimum absolute atomic E-state index is 0.0193. The number of amides is 2. The second-order valence-corrected chi connectivity index (χ2v) is 15.3. The molecule has 0 aliphatic rings. The van der Waals surface area contributed by atoms with Crippen LogP contribution >= 0.6 is 27.7 Å². The first-order valence-electron chi connectivity index (χ1n) is 14.2. The lowest BCUT2D eigenvalue weighted by molar-refractivity contribution is -0.118. The third kappa shape index (κ3) is 9.59. The molecule has 8 nitrogen and oxygen atoms in total. The van der Waals surface area contributed by atoms with E-state index in [1.807, 2.05) is 36.4 Å². The summed E-state index contributed by atoms with van der Waals surface area (Å²) in [6.07, 6.45) is 0.276. The normalized spacial score (nSPS) is 12.3. The molecule has 1 unspecified atom stereocenters. The van der Waals surface area contributed by atoms with Crippen LogP contribution in [0.2, 0.25) is 0 Å². The summed E-state index contributed by atoms with van der Waals surface area (Å²) in [6, 6.07) is 25.9. The van der Waals surface area contributed by atoms with Crippen molar-refractivity contribution in [1.29, 1.82) is 0 Å². The maximum Gasteiger partial charge on any atom is 0.261 e. The van der Waals surface area contributed by atoms with E-state index in [2.05, 4.69) is 46.7 Å². The molecule has 236 valence electrons. The number of nitrogens with two attached hydrogens (primary N) is 1. The van der Waals surface area contributed by atoms with Crippen LogP contribution in [0.1, 0.15) is 48.7 Å². The summed E-state index contributed by atoms with van der Waals surface area (Å²) in [6.45, 7) is 6.38. The molecule has 0 spiro atoms. The molecule has 4 N–H and O–H groups in total. The number of ether oxygens (including phenoxy) is 1. The zero-order chi connectivity index (χ0) is 32.8. The van der Waals surface area contributed by atoms with Gasteiger partial charge in [0.05, 0.1) is 17.6 Å². The average Bonchev–Trinajstić information content (AvgIpc) is 2.97. The van der Waals surface area contributed by atoms with Crippen LogP contribution in [-0.2, 0) is 26.7 Å². The van der Waals surface area contributed by atoms with Crippen LogP contribution in [0.5, 0.6) is 5.75 Å². The molecular weight excluding hydrogens is 674 g/mol. The second-order valence-electron chi connectivity index (χ2n) is 11.5. The largest absolute Gasteiger partial charge is 0.497 e. The summed E-state index contributed by atoms with van der Waals surface area (Å²) in [5.41, 5.74) is 8.15. The number of nitrogens with one attached hydrogen (secondary N) is 2. The first-order valence-corrected chi connectivity index (χ1v) is 17.3. The van der Waals surface area contributed by atoms with Gasteiger partial charge in [-0.05, 0) is 83.6 Å². The fourth-order valence-electron chi connectivity index (χ4n) is 4.59. The van der Waals surface area contributed by atoms with Gasteiger partial charge >= 0.3 is 0 Å². The quantitative estimate of drug-likeness (QED) is 0.147. The van der Waals surface area contributed by atoms with Gasteiger partial charge < -0.3 is 15.8 Å². The number of carbonyl (C=O) groups is 2. The van der Waals surface area contributed by atoms with Gasteiger partial charge in [0.1, 0.15) is 5.75 Å². The van der Waals surface area contributed by atoms with Gasteiger partial charge in [-0.15, -0.1) is 0 Å². The lowest BCUT2D eigenvalue weighted by Crippen LogP contribution is -2.39. The van der Waals surface area contributed by atoms with Gasteiger partial charge in [0.2, 0.25) is 5.91 Å². The Bertz CT molecular complexity index is 1770. The molecule has 0 saturated carbocycles. The fourth-order valence-corrected chi connectivity index (χ4v) is 6.98. The molecule has 4 rings (SSSR count). The van der Waals surface area contributed by atoms with Gasteiger partial charge in [0.15, 0.2) is 0 Å². The fraction of sp³-hybridized carbons (Fsp3) is 0.235.